The van der Waals surface area contributed by atoms with E-state index < -0.39 is 0 Å². The minimum absolute atomic E-state index is 0.0461. The van der Waals surface area contributed by atoms with Gasteiger partial charge in [-0.25, -0.2) is 4.68 Å². The van der Waals surface area contributed by atoms with Crippen molar-refractivity contribution in [3.05, 3.63) is 83.0 Å². The molecule has 2 aromatic heterocycles. The second-order valence-corrected chi connectivity index (χ2v) is 8.44. The second-order valence-electron chi connectivity index (χ2n) is 8.01. The Hall–Kier alpha value is -3.49. The van der Waals surface area contributed by atoms with Gasteiger partial charge in [0.1, 0.15) is 0 Å². The first-order valence-electron chi connectivity index (χ1n) is 10.8. The summed E-state index contributed by atoms with van der Waals surface area (Å²) in [6.45, 7) is 5.19. The van der Waals surface area contributed by atoms with Gasteiger partial charge in [0.15, 0.2) is 5.69 Å². The molecular weight excluding hydrogens is 440 g/mol. The van der Waals surface area contributed by atoms with Gasteiger partial charge in [-0.1, -0.05) is 35.0 Å². The van der Waals surface area contributed by atoms with Crippen LogP contribution in [0.2, 0.25) is 5.02 Å². The Morgan fingerprint density at radius 1 is 1.03 bits per heavy atom. The van der Waals surface area contributed by atoms with Gasteiger partial charge in [0.25, 0.3) is 5.91 Å². The summed E-state index contributed by atoms with van der Waals surface area (Å²) >= 11 is 5.94. The van der Waals surface area contributed by atoms with Crippen molar-refractivity contribution in [3.8, 4) is 17.1 Å². The minimum Gasteiger partial charge on any atom is -0.338 e. The lowest BCUT2D eigenvalue weighted by Gasteiger charge is -2.33. The number of halogens is 1. The number of aromatic nitrogens is 4. The van der Waals surface area contributed by atoms with Gasteiger partial charge in [-0.15, -0.1) is 0 Å². The van der Waals surface area contributed by atoms with E-state index in [4.69, 9.17) is 16.1 Å². The number of nitrogens with zero attached hydrogens (tertiary/aromatic N) is 6. The Labute approximate surface area is 196 Å². The van der Waals surface area contributed by atoms with Gasteiger partial charge in [0.2, 0.25) is 11.7 Å². The number of hydrogen-bond donors (Lipinski definition) is 0. The maximum Gasteiger partial charge on any atom is 0.274 e. The Kier molecular flexibility index (Phi) is 5.93. The number of aryl methyl sites for hydroxylation is 1. The first-order valence-corrected chi connectivity index (χ1v) is 11.2. The van der Waals surface area contributed by atoms with Crippen LogP contribution in [0.3, 0.4) is 0 Å². The third kappa shape index (κ3) is 4.67. The standard InChI is InChI=1S/C24H23ClN6O2/c1-17-15-21(27-31(17)20-5-3-2-4-6-20)24(32)30-13-11-29(12-14-30)16-22-26-23(28-33-22)18-7-9-19(25)10-8-18/h2-10,15H,11-14,16H2,1H3. The smallest absolute Gasteiger partial charge is 0.274 e. The number of para-hydroxylation sites is 1. The normalized spacial score (nSPS) is 14.5. The van der Waals surface area contributed by atoms with E-state index in [2.05, 4.69) is 20.1 Å². The van der Waals surface area contributed by atoms with Crippen molar-refractivity contribution in [2.75, 3.05) is 26.2 Å². The SMILES string of the molecule is Cc1cc(C(=O)N2CCN(Cc3nc(-c4ccc(Cl)cc4)no3)CC2)nn1-c1ccccc1. The minimum atomic E-state index is -0.0461. The fourth-order valence-corrected chi connectivity index (χ4v) is 4.03. The Balaban J connectivity index is 1.19. The van der Waals surface area contributed by atoms with Gasteiger partial charge >= 0.3 is 0 Å². The monoisotopic (exact) mass is 462 g/mol. The first kappa shape index (κ1) is 21.4. The topological polar surface area (TPSA) is 80.3 Å². The van der Waals surface area contributed by atoms with Gasteiger partial charge in [0, 0.05) is 42.5 Å². The van der Waals surface area contributed by atoms with Crippen molar-refractivity contribution in [2.45, 2.75) is 13.5 Å². The van der Waals surface area contributed by atoms with Gasteiger partial charge in [-0.2, -0.15) is 10.1 Å². The number of carbonyl (C=O) groups excluding carboxylic acids is 1. The van der Waals surface area contributed by atoms with E-state index in [1.807, 2.05) is 60.4 Å². The fourth-order valence-electron chi connectivity index (χ4n) is 3.91. The van der Waals surface area contributed by atoms with Crippen LogP contribution in [0.15, 0.2) is 65.2 Å². The third-order valence-corrected chi connectivity index (χ3v) is 5.95. The molecule has 1 fully saturated rings. The highest BCUT2D eigenvalue weighted by molar-refractivity contribution is 6.30. The van der Waals surface area contributed by atoms with Crippen LogP contribution in [0.4, 0.5) is 0 Å². The predicted molar refractivity (Wildman–Crippen MR) is 124 cm³/mol. The van der Waals surface area contributed by atoms with E-state index >= 15 is 0 Å². The van der Waals surface area contributed by atoms with Crippen LogP contribution < -0.4 is 0 Å². The van der Waals surface area contributed by atoms with Gasteiger partial charge < -0.3 is 9.42 Å². The molecule has 1 aliphatic rings. The van der Waals surface area contributed by atoms with Crippen molar-refractivity contribution < 1.29 is 9.32 Å². The number of rotatable bonds is 5. The van der Waals surface area contributed by atoms with Crippen molar-refractivity contribution in [2.24, 2.45) is 0 Å². The molecule has 0 N–H and O–H groups in total. The van der Waals surface area contributed by atoms with Gasteiger partial charge in [0.05, 0.1) is 12.2 Å². The number of hydrogen-bond acceptors (Lipinski definition) is 6. The molecule has 1 aliphatic heterocycles. The van der Waals surface area contributed by atoms with Crippen LogP contribution in [0.5, 0.6) is 0 Å². The largest absolute Gasteiger partial charge is 0.338 e. The summed E-state index contributed by atoms with van der Waals surface area (Å²) in [6, 6.07) is 19.0. The Bertz CT molecular complexity index is 1240. The van der Waals surface area contributed by atoms with Crippen LogP contribution in [0.25, 0.3) is 17.1 Å². The molecule has 0 aliphatic carbocycles. The molecule has 3 heterocycles. The first-order chi connectivity index (χ1) is 16.1. The zero-order valence-corrected chi connectivity index (χ0v) is 18.9. The molecule has 9 heteroatoms. The van der Waals surface area contributed by atoms with Crippen molar-refractivity contribution in [3.63, 3.8) is 0 Å². The molecular formula is C24H23ClN6O2. The lowest BCUT2D eigenvalue weighted by atomic mass is 10.2. The molecule has 0 unspecified atom stereocenters. The van der Waals surface area contributed by atoms with E-state index in [0.29, 0.717) is 42.1 Å². The highest BCUT2D eigenvalue weighted by Gasteiger charge is 2.25. The highest BCUT2D eigenvalue weighted by Crippen LogP contribution is 2.20. The summed E-state index contributed by atoms with van der Waals surface area (Å²) in [5.41, 5.74) is 3.19. The molecule has 2 aromatic carbocycles. The molecule has 5 rings (SSSR count). The number of benzene rings is 2. The maximum absolute atomic E-state index is 13.0. The van der Waals surface area contributed by atoms with Crippen molar-refractivity contribution >= 4 is 17.5 Å². The van der Waals surface area contributed by atoms with E-state index in [1.54, 1.807) is 16.8 Å². The van der Waals surface area contributed by atoms with Crippen LogP contribution >= 0.6 is 11.6 Å². The summed E-state index contributed by atoms with van der Waals surface area (Å²) in [6.07, 6.45) is 0. The highest BCUT2D eigenvalue weighted by atomic mass is 35.5. The molecule has 0 saturated carbocycles. The van der Waals surface area contributed by atoms with E-state index in [0.717, 1.165) is 30.0 Å². The van der Waals surface area contributed by atoms with Crippen LogP contribution in [-0.2, 0) is 6.54 Å². The van der Waals surface area contributed by atoms with Crippen LogP contribution in [-0.4, -0.2) is 61.8 Å². The number of carbonyl (C=O) groups is 1. The molecule has 0 atom stereocenters. The van der Waals surface area contributed by atoms with Crippen molar-refractivity contribution in [1.82, 2.24) is 29.7 Å². The molecule has 0 radical (unpaired) electrons. The molecule has 0 spiro atoms. The average molecular weight is 463 g/mol. The lowest BCUT2D eigenvalue weighted by Crippen LogP contribution is -2.48. The molecule has 168 valence electrons. The summed E-state index contributed by atoms with van der Waals surface area (Å²) < 4.78 is 7.23. The molecule has 1 saturated heterocycles. The molecule has 0 bridgehead atoms. The average Bonchev–Trinajstić information content (AvgIpc) is 3.47. The third-order valence-electron chi connectivity index (χ3n) is 5.70. The summed E-state index contributed by atoms with van der Waals surface area (Å²) in [5.74, 6) is 1.05. The fraction of sp³-hybridized carbons (Fsp3) is 0.250. The van der Waals surface area contributed by atoms with Gasteiger partial charge in [-0.05, 0) is 49.4 Å². The quantitative estimate of drug-likeness (QED) is 0.448. The van der Waals surface area contributed by atoms with E-state index in [1.165, 1.54) is 0 Å². The maximum atomic E-state index is 13.0. The molecule has 1 amide bonds. The molecule has 8 nitrogen and oxygen atoms in total. The zero-order valence-electron chi connectivity index (χ0n) is 18.2. The Morgan fingerprint density at radius 2 is 1.76 bits per heavy atom. The Morgan fingerprint density at radius 3 is 2.48 bits per heavy atom. The zero-order chi connectivity index (χ0) is 22.8. The molecule has 4 aromatic rings. The number of amides is 1. The predicted octanol–water partition coefficient (Wildman–Crippen LogP) is 3.84. The number of piperazine rings is 1. The van der Waals surface area contributed by atoms with Gasteiger partial charge in [-0.3, -0.25) is 9.69 Å². The summed E-state index contributed by atoms with van der Waals surface area (Å²) in [7, 11) is 0. The van der Waals surface area contributed by atoms with Crippen LogP contribution in [0.1, 0.15) is 22.1 Å². The van der Waals surface area contributed by atoms with E-state index in [9.17, 15) is 4.79 Å². The molecule has 33 heavy (non-hydrogen) atoms. The van der Waals surface area contributed by atoms with Crippen molar-refractivity contribution in [1.29, 1.82) is 0 Å². The van der Waals surface area contributed by atoms with Crippen LogP contribution in [0, 0.1) is 6.92 Å². The summed E-state index contributed by atoms with van der Waals surface area (Å²) in [4.78, 5) is 21.6. The lowest BCUT2D eigenvalue weighted by molar-refractivity contribution is 0.0609. The second kappa shape index (κ2) is 9.17. The van der Waals surface area contributed by atoms with E-state index in [-0.39, 0.29) is 5.91 Å². The summed E-state index contributed by atoms with van der Waals surface area (Å²) in [5, 5.41) is 9.28.